The normalized spacial score (nSPS) is 11.3. The van der Waals surface area contributed by atoms with Gasteiger partial charge in [-0.25, -0.2) is 4.98 Å². The second-order valence-electron chi connectivity index (χ2n) is 4.72. The maximum atomic E-state index is 12.2. The first-order valence-corrected chi connectivity index (χ1v) is 7.32. The highest BCUT2D eigenvalue weighted by molar-refractivity contribution is 7.09. The molecule has 4 rings (SSSR count). The summed E-state index contributed by atoms with van der Waals surface area (Å²) >= 11 is 1.52. The number of ether oxygens (including phenoxy) is 1. The van der Waals surface area contributed by atoms with Crippen molar-refractivity contribution in [2.75, 3.05) is 7.11 Å². The Balaban J connectivity index is 1.94. The Morgan fingerprint density at radius 3 is 2.90 bits per heavy atom. The highest BCUT2D eigenvalue weighted by Crippen LogP contribution is 2.25. The minimum atomic E-state index is -0.195. The Morgan fingerprint density at radius 1 is 1.14 bits per heavy atom. The molecule has 0 saturated heterocycles. The van der Waals surface area contributed by atoms with Crippen LogP contribution in [-0.2, 0) is 0 Å². The van der Waals surface area contributed by atoms with Crippen LogP contribution >= 0.6 is 11.3 Å². The van der Waals surface area contributed by atoms with Gasteiger partial charge in [0.1, 0.15) is 5.75 Å². The van der Waals surface area contributed by atoms with E-state index in [1.807, 2.05) is 35.0 Å². The zero-order valence-electron chi connectivity index (χ0n) is 11.1. The van der Waals surface area contributed by atoms with E-state index in [4.69, 9.17) is 4.74 Å². The molecule has 0 fully saturated rings. The van der Waals surface area contributed by atoms with Crippen molar-refractivity contribution < 1.29 is 4.74 Å². The maximum Gasteiger partial charge on any atom is 0.276 e. The predicted molar refractivity (Wildman–Crippen MR) is 84.1 cm³/mol. The van der Waals surface area contributed by atoms with E-state index in [0.717, 1.165) is 27.7 Å². The standard InChI is InChI=1S/C15H11N3O2S/c1-20-9-2-3-10-8(4-9)5-11(16-10)14-15(19)18-13-7-21-6-12(13)17-14/h2-7,16H,1H3,(H,18,19). The molecular weight excluding hydrogens is 286 g/mol. The number of thiophene rings is 1. The average Bonchev–Trinajstić information content (AvgIpc) is 3.10. The summed E-state index contributed by atoms with van der Waals surface area (Å²) in [6.45, 7) is 0. The molecule has 1 aromatic carbocycles. The number of benzene rings is 1. The van der Waals surface area contributed by atoms with E-state index < -0.39 is 0 Å². The van der Waals surface area contributed by atoms with Crippen LogP contribution in [0.25, 0.3) is 33.3 Å². The monoisotopic (exact) mass is 297 g/mol. The van der Waals surface area contributed by atoms with Crippen LogP contribution in [0.5, 0.6) is 5.75 Å². The second kappa shape index (κ2) is 4.46. The van der Waals surface area contributed by atoms with Crippen molar-refractivity contribution in [3.8, 4) is 17.1 Å². The SMILES string of the molecule is COc1ccc2[nH]c(-c3nc4cscc4[nH]c3=O)cc2c1. The first-order chi connectivity index (χ1) is 10.2. The molecule has 0 spiro atoms. The van der Waals surface area contributed by atoms with Gasteiger partial charge >= 0.3 is 0 Å². The third-order valence-corrected chi connectivity index (χ3v) is 4.15. The van der Waals surface area contributed by atoms with E-state index in [2.05, 4.69) is 15.0 Å². The number of hydrogen-bond donors (Lipinski definition) is 2. The Bertz CT molecular complexity index is 1010. The molecule has 21 heavy (non-hydrogen) atoms. The van der Waals surface area contributed by atoms with E-state index in [0.29, 0.717) is 11.4 Å². The number of H-pyrrole nitrogens is 2. The summed E-state index contributed by atoms with van der Waals surface area (Å²) < 4.78 is 5.21. The van der Waals surface area contributed by atoms with Crippen LogP contribution in [0.4, 0.5) is 0 Å². The fourth-order valence-corrected chi connectivity index (χ4v) is 3.06. The van der Waals surface area contributed by atoms with E-state index in [9.17, 15) is 4.79 Å². The zero-order chi connectivity index (χ0) is 14.4. The number of nitrogens with zero attached hydrogens (tertiary/aromatic N) is 1. The number of aromatic amines is 2. The van der Waals surface area contributed by atoms with Crippen molar-refractivity contribution in [3.63, 3.8) is 0 Å². The van der Waals surface area contributed by atoms with Gasteiger partial charge in [0, 0.05) is 21.7 Å². The molecule has 6 heteroatoms. The van der Waals surface area contributed by atoms with Gasteiger partial charge in [0.25, 0.3) is 5.56 Å². The highest BCUT2D eigenvalue weighted by atomic mass is 32.1. The predicted octanol–water partition coefficient (Wildman–Crippen LogP) is 3.14. The topological polar surface area (TPSA) is 70.8 Å². The van der Waals surface area contributed by atoms with Crippen LogP contribution in [0, 0.1) is 0 Å². The second-order valence-corrected chi connectivity index (χ2v) is 5.46. The largest absolute Gasteiger partial charge is 0.497 e. The van der Waals surface area contributed by atoms with Gasteiger partial charge in [-0.15, -0.1) is 11.3 Å². The summed E-state index contributed by atoms with van der Waals surface area (Å²) in [6, 6.07) is 7.64. The smallest absolute Gasteiger partial charge is 0.276 e. The minimum absolute atomic E-state index is 0.195. The van der Waals surface area contributed by atoms with Gasteiger partial charge < -0.3 is 14.7 Å². The summed E-state index contributed by atoms with van der Waals surface area (Å²) in [5.41, 5.74) is 3.41. The van der Waals surface area contributed by atoms with Crippen LogP contribution < -0.4 is 10.3 Å². The van der Waals surface area contributed by atoms with Crippen molar-refractivity contribution in [3.05, 3.63) is 45.4 Å². The fraction of sp³-hybridized carbons (Fsp3) is 0.0667. The van der Waals surface area contributed by atoms with E-state index in [1.165, 1.54) is 11.3 Å². The van der Waals surface area contributed by atoms with Crippen molar-refractivity contribution in [1.29, 1.82) is 0 Å². The average molecular weight is 297 g/mol. The number of methoxy groups -OCH3 is 1. The molecule has 0 aliphatic heterocycles. The van der Waals surface area contributed by atoms with Crippen molar-refractivity contribution in [1.82, 2.24) is 15.0 Å². The molecule has 2 N–H and O–H groups in total. The van der Waals surface area contributed by atoms with Crippen LogP contribution in [-0.4, -0.2) is 22.1 Å². The van der Waals surface area contributed by atoms with Crippen molar-refractivity contribution >= 4 is 33.3 Å². The number of aromatic nitrogens is 3. The summed E-state index contributed by atoms with van der Waals surface area (Å²) in [4.78, 5) is 22.7. The molecular formula is C15H11N3O2S. The van der Waals surface area contributed by atoms with E-state index in [1.54, 1.807) is 7.11 Å². The summed E-state index contributed by atoms with van der Waals surface area (Å²) in [5.74, 6) is 0.781. The number of hydrogen-bond acceptors (Lipinski definition) is 4. The minimum Gasteiger partial charge on any atom is -0.497 e. The van der Waals surface area contributed by atoms with Gasteiger partial charge in [-0.1, -0.05) is 0 Å². The summed E-state index contributed by atoms with van der Waals surface area (Å²) in [6.07, 6.45) is 0. The molecule has 0 amide bonds. The van der Waals surface area contributed by atoms with Gasteiger partial charge in [0.05, 0.1) is 23.8 Å². The molecule has 0 atom stereocenters. The highest BCUT2D eigenvalue weighted by Gasteiger charge is 2.11. The van der Waals surface area contributed by atoms with Crippen LogP contribution in [0.15, 0.2) is 39.8 Å². The zero-order valence-corrected chi connectivity index (χ0v) is 12.0. The number of rotatable bonds is 2. The van der Waals surface area contributed by atoms with E-state index in [-0.39, 0.29) is 5.56 Å². The Kier molecular flexibility index (Phi) is 2.58. The van der Waals surface area contributed by atoms with Crippen molar-refractivity contribution in [2.24, 2.45) is 0 Å². The molecule has 4 aromatic rings. The molecule has 5 nitrogen and oxygen atoms in total. The van der Waals surface area contributed by atoms with Gasteiger partial charge in [-0.05, 0) is 24.3 Å². The molecule has 0 unspecified atom stereocenters. The first kappa shape index (κ1) is 12.2. The van der Waals surface area contributed by atoms with Gasteiger partial charge in [-0.2, -0.15) is 0 Å². The fourth-order valence-electron chi connectivity index (χ4n) is 2.37. The Hall–Kier alpha value is -2.60. The summed E-state index contributed by atoms with van der Waals surface area (Å²) in [5, 5.41) is 4.78. The van der Waals surface area contributed by atoms with E-state index >= 15 is 0 Å². The number of nitrogens with one attached hydrogen (secondary N) is 2. The Morgan fingerprint density at radius 2 is 2.05 bits per heavy atom. The quantitative estimate of drug-likeness (QED) is 0.597. The Labute approximate surface area is 123 Å². The molecule has 0 bridgehead atoms. The molecule has 0 saturated carbocycles. The van der Waals surface area contributed by atoms with Crippen LogP contribution in [0.3, 0.4) is 0 Å². The third kappa shape index (κ3) is 1.92. The van der Waals surface area contributed by atoms with Crippen LogP contribution in [0.2, 0.25) is 0 Å². The molecule has 3 aromatic heterocycles. The lowest BCUT2D eigenvalue weighted by molar-refractivity contribution is 0.415. The van der Waals surface area contributed by atoms with Crippen LogP contribution in [0.1, 0.15) is 0 Å². The van der Waals surface area contributed by atoms with Gasteiger partial charge in [-0.3, -0.25) is 4.79 Å². The lowest BCUT2D eigenvalue weighted by Gasteiger charge is -1.97. The first-order valence-electron chi connectivity index (χ1n) is 6.38. The third-order valence-electron chi connectivity index (χ3n) is 3.42. The molecule has 0 aliphatic rings. The maximum absolute atomic E-state index is 12.2. The summed E-state index contributed by atoms with van der Waals surface area (Å²) in [7, 11) is 1.63. The number of fused-ring (bicyclic) bond motifs is 2. The van der Waals surface area contributed by atoms with Gasteiger partial charge in [0.2, 0.25) is 0 Å². The molecule has 3 heterocycles. The van der Waals surface area contributed by atoms with Crippen molar-refractivity contribution in [2.45, 2.75) is 0 Å². The lowest BCUT2D eigenvalue weighted by Crippen LogP contribution is -2.10. The lowest BCUT2D eigenvalue weighted by atomic mass is 10.2. The molecule has 0 radical (unpaired) electrons. The van der Waals surface area contributed by atoms with Gasteiger partial charge in [0.15, 0.2) is 5.69 Å². The molecule has 104 valence electrons. The molecule has 0 aliphatic carbocycles.